The zero-order valence-corrected chi connectivity index (χ0v) is 18.3. The Bertz CT molecular complexity index is 1350. The largest absolute Gasteiger partial charge is 0.478 e. The SMILES string of the molecule is Cc1c(-c2ccc(Cl)cc2)c(=O)oc2c3c(ccc12)OCN(Cc1ccccc1Cl)C3. The molecule has 1 aliphatic heterocycles. The van der Waals surface area contributed by atoms with Gasteiger partial charge in [-0.2, -0.15) is 0 Å². The van der Waals surface area contributed by atoms with Crippen LogP contribution in [-0.2, 0) is 13.1 Å². The predicted molar refractivity (Wildman–Crippen MR) is 124 cm³/mol. The zero-order chi connectivity index (χ0) is 21.5. The van der Waals surface area contributed by atoms with Gasteiger partial charge in [0.2, 0.25) is 0 Å². The first kappa shape index (κ1) is 20.1. The van der Waals surface area contributed by atoms with E-state index in [4.69, 9.17) is 32.4 Å². The lowest BCUT2D eigenvalue weighted by atomic mass is 9.97. The Kier molecular flexibility index (Phi) is 5.22. The molecular formula is C25H19Cl2NO3. The van der Waals surface area contributed by atoms with Crippen molar-refractivity contribution in [3.63, 3.8) is 0 Å². The van der Waals surface area contributed by atoms with E-state index < -0.39 is 0 Å². The van der Waals surface area contributed by atoms with Gasteiger partial charge >= 0.3 is 5.63 Å². The number of hydrogen-bond donors (Lipinski definition) is 0. The van der Waals surface area contributed by atoms with E-state index in [9.17, 15) is 4.79 Å². The highest BCUT2D eigenvalue weighted by atomic mass is 35.5. The van der Waals surface area contributed by atoms with Crippen LogP contribution in [-0.4, -0.2) is 11.6 Å². The first-order valence-corrected chi connectivity index (χ1v) is 10.7. The Balaban J connectivity index is 1.57. The lowest BCUT2D eigenvalue weighted by molar-refractivity contribution is 0.0890. The van der Waals surface area contributed by atoms with Crippen molar-refractivity contribution in [1.29, 1.82) is 0 Å². The molecule has 0 saturated heterocycles. The third-order valence-electron chi connectivity index (χ3n) is 5.66. The molecule has 0 bridgehead atoms. The first-order chi connectivity index (χ1) is 15.0. The molecule has 0 fully saturated rings. The standard InChI is InChI=1S/C25H19Cl2NO3/c1-15-19-10-11-22-20(13-28(14-30-22)12-17-4-2-3-5-21(17)27)24(19)31-25(29)23(15)16-6-8-18(26)9-7-16/h2-11H,12-14H2,1H3. The molecule has 4 nitrogen and oxygen atoms in total. The molecule has 2 heterocycles. The van der Waals surface area contributed by atoms with Crippen molar-refractivity contribution in [3.8, 4) is 16.9 Å². The van der Waals surface area contributed by atoms with Gasteiger partial charge in [0.05, 0.1) is 11.1 Å². The molecule has 0 unspecified atom stereocenters. The molecule has 6 heteroatoms. The average Bonchev–Trinajstić information content (AvgIpc) is 2.76. The van der Waals surface area contributed by atoms with Gasteiger partial charge in [0.15, 0.2) is 0 Å². The van der Waals surface area contributed by atoms with Crippen molar-refractivity contribution in [3.05, 3.63) is 97.8 Å². The molecule has 0 aliphatic carbocycles. The van der Waals surface area contributed by atoms with Crippen LogP contribution >= 0.6 is 23.2 Å². The normalized spacial score (nSPS) is 13.8. The molecule has 0 atom stereocenters. The molecule has 0 amide bonds. The van der Waals surface area contributed by atoms with E-state index in [1.165, 1.54) is 0 Å². The van der Waals surface area contributed by atoms with Gasteiger partial charge in [-0.3, -0.25) is 4.90 Å². The number of nitrogens with zero attached hydrogens (tertiary/aromatic N) is 1. The molecule has 156 valence electrons. The minimum Gasteiger partial charge on any atom is -0.478 e. The third kappa shape index (κ3) is 3.72. The van der Waals surface area contributed by atoms with E-state index in [0.29, 0.717) is 36.0 Å². The van der Waals surface area contributed by atoms with Crippen LogP contribution in [0.2, 0.25) is 10.0 Å². The number of aryl methyl sites for hydroxylation is 1. The molecule has 5 rings (SSSR count). The van der Waals surface area contributed by atoms with Gasteiger partial charge in [-0.15, -0.1) is 0 Å². The molecule has 4 aromatic rings. The van der Waals surface area contributed by atoms with Gasteiger partial charge in [0, 0.05) is 28.5 Å². The fourth-order valence-electron chi connectivity index (χ4n) is 4.09. The summed E-state index contributed by atoms with van der Waals surface area (Å²) in [5, 5.41) is 2.24. The second-order valence-electron chi connectivity index (χ2n) is 7.67. The second-order valence-corrected chi connectivity index (χ2v) is 8.51. The number of rotatable bonds is 3. The lowest BCUT2D eigenvalue weighted by Gasteiger charge is -2.29. The topological polar surface area (TPSA) is 42.7 Å². The van der Waals surface area contributed by atoms with Crippen LogP contribution in [0.25, 0.3) is 22.1 Å². The van der Waals surface area contributed by atoms with Crippen molar-refractivity contribution in [1.82, 2.24) is 4.90 Å². The van der Waals surface area contributed by atoms with Crippen LogP contribution in [0, 0.1) is 6.92 Å². The number of halogens is 2. The summed E-state index contributed by atoms with van der Waals surface area (Å²) in [5.41, 5.74) is 4.31. The monoisotopic (exact) mass is 451 g/mol. The molecule has 1 aromatic heterocycles. The van der Waals surface area contributed by atoms with Crippen LogP contribution in [0.3, 0.4) is 0 Å². The van der Waals surface area contributed by atoms with Gasteiger partial charge in [-0.1, -0.05) is 53.5 Å². The summed E-state index contributed by atoms with van der Waals surface area (Å²) >= 11 is 12.3. The minimum atomic E-state index is -0.371. The minimum absolute atomic E-state index is 0.371. The Labute approximate surface area is 189 Å². The number of benzene rings is 3. The third-order valence-corrected chi connectivity index (χ3v) is 6.29. The van der Waals surface area contributed by atoms with E-state index in [2.05, 4.69) is 4.90 Å². The summed E-state index contributed by atoms with van der Waals surface area (Å²) in [4.78, 5) is 15.1. The highest BCUT2D eigenvalue weighted by molar-refractivity contribution is 6.31. The Hall–Kier alpha value is -2.79. The maximum Gasteiger partial charge on any atom is 0.344 e. The summed E-state index contributed by atoms with van der Waals surface area (Å²) in [6.07, 6.45) is 0. The van der Waals surface area contributed by atoms with Crippen molar-refractivity contribution >= 4 is 34.2 Å². The Morgan fingerprint density at radius 3 is 2.55 bits per heavy atom. The summed E-state index contributed by atoms with van der Waals surface area (Å²) in [7, 11) is 0. The maximum atomic E-state index is 13.0. The molecular weight excluding hydrogens is 433 g/mol. The summed E-state index contributed by atoms with van der Waals surface area (Å²) in [5.74, 6) is 0.740. The van der Waals surface area contributed by atoms with Crippen LogP contribution < -0.4 is 10.4 Å². The van der Waals surface area contributed by atoms with E-state index >= 15 is 0 Å². The number of fused-ring (bicyclic) bond motifs is 3. The Morgan fingerprint density at radius 1 is 1.00 bits per heavy atom. The highest BCUT2D eigenvalue weighted by Crippen LogP contribution is 2.36. The van der Waals surface area contributed by atoms with Crippen molar-refractivity contribution in [2.24, 2.45) is 0 Å². The van der Waals surface area contributed by atoms with Gasteiger partial charge in [0.1, 0.15) is 18.1 Å². The van der Waals surface area contributed by atoms with Crippen LogP contribution in [0.1, 0.15) is 16.7 Å². The van der Waals surface area contributed by atoms with Gasteiger partial charge in [-0.05, 0) is 53.9 Å². The Morgan fingerprint density at radius 2 is 1.77 bits per heavy atom. The van der Waals surface area contributed by atoms with Crippen LogP contribution in [0.4, 0.5) is 0 Å². The molecule has 0 radical (unpaired) electrons. The molecule has 0 saturated carbocycles. The quantitative estimate of drug-likeness (QED) is 0.336. The van der Waals surface area contributed by atoms with E-state index in [1.54, 1.807) is 12.1 Å². The van der Waals surface area contributed by atoms with E-state index in [0.717, 1.165) is 38.4 Å². The average molecular weight is 452 g/mol. The lowest BCUT2D eigenvalue weighted by Crippen LogP contribution is -2.31. The van der Waals surface area contributed by atoms with E-state index in [1.807, 2.05) is 55.5 Å². The molecule has 0 spiro atoms. The van der Waals surface area contributed by atoms with E-state index in [-0.39, 0.29) is 5.63 Å². The summed E-state index contributed by atoms with van der Waals surface area (Å²) < 4.78 is 11.8. The van der Waals surface area contributed by atoms with Crippen LogP contribution in [0.5, 0.6) is 5.75 Å². The summed E-state index contributed by atoms with van der Waals surface area (Å²) in [6.45, 7) is 3.62. The maximum absolute atomic E-state index is 13.0. The first-order valence-electron chi connectivity index (χ1n) is 9.95. The number of ether oxygens (including phenoxy) is 1. The second kappa shape index (κ2) is 8.04. The van der Waals surface area contributed by atoms with Crippen molar-refractivity contribution in [2.45, 2.75) is 20.0 Å². The molecule has 31 heavy (non-hydrogen) atoms. The van der Waals surface area contributed by atoms with Gasteiger partial charge in [-0.25, -0.2) is 4.79 Å². The van der Waals surface area contributed by atoms with Gasteiger partial charge < -0.3 is 9.15 Å². The van der Waals surface area contributed by atoms with Crippen molar-refractivity contribution < 1.29 is 9.15 Å². The smallest absolute Gasteiger partial charge is 0.344 e. The fraction of sp³-hybridized carbons (Fsp3) is 0.160. The highest BCUT2D eigenvalue weighted by Gasteiger charge is 2.24. The van der Waals surface area contributed by atoms with Crippen LogP contribution in [0.15, 0.2) is 69.9 Å². The predicted octanol–water partition coefficient (Wildman–Crippen LogP) is 6.43. The molecule has 3 aromatic carbocycles. The fourth-order valence-corrected chi connectivity index (χ4v) is 4.41. The molecule has 1 aliphatic rings. The molecule has 0 N–H and O–H groups in total. The van der Waals surface area contributed by atoms with Gasteiger partial charge in [0.25, 0.3) is 0 Å². The summed E-state index contributed by atoms with van der Waals surface area (Å²) in [6, 6.07) is 18.9. The number of hydrogen-bond acceptors (Lipinski definition) is 4. The van der Waals surface area contributed by atoms with Crippen molar-refractivity contribution in [2.75, 3.05) is 6.73 Å². The zero-order valence-electron chi connectivity index (χ0n) is 16.8.